The zero-order chi connectivity index (χ0) is 21.7. The van der Waals surface area contributed by atoms with Gasteiger partial charge in [-0.1, -0.05) is 12.1 Å². The minimum absolute atomic E-state index is 0.0526. The molecule has 0 saturated heterocycles. The maximum absolute atomic E-state index is 13.7. The highest BCUT2D eigenvalue weighted by atomic mass is 16.5. The molecule has 0 spiro atoms. The Kier molecular flexibility index (Phi) is 7.21. The fraction of sp³-hybridized carbons (Fsp3) is 0.458. The van der Waals surface area contributed by atoms with Crippen LogP contribution in [-0.2, 0) is 4.74 Å². The molecule has 6 nitrogen and oxygen atoms in total. The summed E-state index contributed by atoms with van der Waals surface area (Å²) in [6.07, 6.45) is 2.54. The first-order valence-corrected chi connectivity index (χ1v) is 10.1. The highest BCUT2D eigenvalue weighted by Gasteiger charge is 2.37. The van der Waals surface area contributed by atoms with Crippen LogP contribution in [0, 0.1) is 5.92 Å². The number of carbonyl (C=O) groups is 1. The van der Waals surface area contributed by atoms with E-state index in [1.807, 2.05) is 24.3 Å². The van der Waals surface area contributed by atoms with E-state index in [1.165, 1.54) is 0 Å². The highest BCUT2D eigenvalue weighted by molar-refractivity contribution is 5.99. The van der Waals surface area contributed by atoms with E-state index in [0.717, 1.165) is 24.2 Å². The molecule has 2 aromatic carbocycles. The molecule has 6 heteroatoms. The molecule has 2 aromatic rings. The molecule has 3 atom stereocenters. The van der Waals surface area contributed by atoms with E-state index >= 15 is 0 Å². The zero-order valence-electron chi connectivity index (χ0n) is 18.3. The smallest absolute Gasteiger partial charge is 0.203 e. The number of benzene rings is 2. The summed E-state index contributed by atoms with van der Waals surface area (Å²) in [4.78, 5) is 13.7. The van der Waals surface area contributed by atoms with Crippen molar-refractivity contribution in [1.29, 1.82) is 0 Å². The van der Waals surface area contributed by atoms with Crippen molar-refractivity contribution in [3.05, 3.63) is 47.5 Å². The summed E-state index contributed by atoms with van der Waals surface area (Å²) in [5.74, 6) is 2.17. The molecule has 0 aromatic heterocycles. The van der Waals surface area contributed by atoms with Crippen LogP contribution in [0.2, 0.25) is 0 Å². The van der Waals surface area contributed by atoms with Crippen molar-refractivity contribution < 1.29 is 28.5 Å². The number of carbonyl (C=O) groups excluding carboxylic acids is 1. The van der Waals surface area contributed by atoms with Crippen LogP contribution in [0.4, 0.5) is 0 Å². The normalized spacial score (nSPS) is 21.0. The van der Waals surface area contributed by atoms with E-state index in [4.69, 9.17) is 23.7 Å². The summed E-state index contributed by atoms with van der Waals surface area (Å²) in [7, 11) is 8.00. The van der Waals surface area contributed by atoms with Crippen molar-refractivity contribution in [1.82, 2.24) is 0 Å². The molecule has 0 N–H and O–H groups in total. The topological polar surface area (TPSA) is 63.2 Å². The summed E-state index contributed by atoms with van der Waals surface area (Å²) >= 11 is 0. The molecular formula is C24H30O6. The Labute approximate surface area is 178 Å². The molecule has 1 fully saturated rings. The average Bonchev–Trinajstić information content (AvgIpc) is 2.82. The van der Waals surface area contributed by atoms with E-state index in [1.54, 1.807) is 47.7 Å². The Morgan fingerprint density at radius 3 is 1.97 bits per heavy atom. The Morgan fingerprint density at radius 1 is 0.833 bits per heavy atom. The molecular weight excluding hydrogens is 384 g/mol. The van der Waals surface area contributed by atoms with Gasteiger partial charge in [-0.05, 0) is 55.0 Å². The quantitative estimate of drug-likeness (QED) is 0.593. The molecule has 1 saturated carbocycles. The van der Waals surface area contributed by atoms with Gasteiger partial charge in [-0.15, -0.1) is 0 Å². The van der Waals surface area contributed by atoms with Gasteiger partial charge in [0.2, 0.25) is 5.75 Å². The van der Waals surface area contributed by atoms with Gasteiger partial charge in [-0.25, -0.2) is 0 Å². The largest absolute Gasteiger partial charge is 0.497 e. The van der Waals surface area contributed by atoms with Crippen LogP contribution in [0.3, 0.4) is 0 Å². The minimum atomic E-state index is -0.208. The van der Waals surface area contributed by atoms with Gasteiger partial charge >= 0.3 is 0 Å². The van der Waals surface area contributed by atoms with Crippen molar-refractivity contribution in [2.24, 2.45) is 5.92 Å². The van der Waals surface area contributed by atoms with Crippen LogP contribution < -0.4 is 18.9 Å². The van der Waals surface area contributed by atoms with Gasteiger partial charge in [-0.3, -0.25) is 4.79 Å². The molecule has 3 unspecified atom stereocenters. The lowest BCUT2D eigenvalue weighted by atomic mass is 9.71. The third kappa shape index (κ3) is 4.38. The molecule has 30 heavy (non-hydrogen) atoms. The Morgan fingerprint density at radius 2 is 1.47 bits per heavy atom. The number of rotatable bonds is 8. The standard InChI is InChI=1S/C24H30O6/c1-26-17-8-6-15(7-9-17)19-11-10-18(27-2)14-20(19)23(25)16-12-21(28-3)24(30-5)22(13-16)29-4/h6-9,12-13,18-20H,10-11,14H2,1-5H3. The lowest BCUT2D eigenvalue weighted by Crippen LogP contribution is -2.33. The van der Waals surface area contributed by atoms with Gasteiger partial charge in [0.25, 0.3) is 0 Å². The maximum Gasteiger partial charge on any atom is 0.203 e. The molecule has 0 heterocycles. The van der Waals surface area contributed by atoms with Crippen LogP contribution in [-0.4, -0.2) is 47.4 Å². The van der Waals surface area contributed by atoms with E-state index in [0.29, 0.717) is 29.2 Å². The lowest BCUT2D eigenvalue weighted by Gasteiger charge is -2.35. The van der Waals surface area contributed by atoms with Gasteiger partial charge in [0.1, 0.15) is 5.75 Å². The number of Topliss-reactive ketones (excluding diaryl/α,β-unsaturated/α-hetero) is 1. The van der Waals surface area contributed by atoms with Gasteiger partial charge in [-0.2, -0.15) is 0 Å². The molecule has 0 radical (unpaired) electrons. The fourth-order valence-electron chi connectivity index (χ4n) is 4.32. The summed E-state index contributed by atoms with van der Waals surface area (Å²) in [5, 5.41) is 0. The fourth-order valence-corrected chi connectivity index (χ4v) is 4.32. The van der Waals surface area contributed by atoms with Crippen molar-refractivity contribution in [3.8, 4) is 23.0 Å². The number of hydrogen-bond donors (Lipinski definition) is 0. The van der Waals surface area contributed by atoms with Gasteiger partial charge in [0, 0.05) is 18.6 Å². The highest BCUT2D eigenvalue weighted by Crippen LogP contribution is 2.43. The van der Waals surface area contributed by atoms with E-state index < -0.39 is 0 Å². The number of hydrogen-bond acceptors (Lipinski definition) is 6. The van der Waals surface area contributed by atoms with E-state index in [9.17, 15) is 4.79 Å². The van der Waals surface area contributed by atoms with Gasteiger partial charge in [0.15, 0.2) is 17.3 Å². The minimum Gasteiger partial charge on any atom is -0.497 e. The van der Waals surface area contributed by atoms with Crippen LogP contribution >= 0.6 is 0 Å². The zero-order valence-corrected chi connectivity index (χ0v) is 18.3. The second kappa shape index (κ2) is 9.85. The van der Waals surface area contributed by atoms with Crippen LogP contribution in [0.5, 0.6) is 23.0 Å². The molecule has 1 aliphatic carbocycles. The second-order valence-electron chi connectivity index (χ2n) is 7.44. The number of ether oxygens (including phenoxy) is 5. The predicted molar refractivity (Wildman–Crippen MR) is 114 cm³/mol. The third-order valence-electron chi connectivity index (χ3n) is 5.97. The molecule has 0 aliphatic heterocycles. The van der Waals surface area contributed by atoms with Crippen LogP contribution in [0.15, 0.2) is 36.4 Å². The molecule has 1 aliphatic rings. The van der Waals surface area contributed by atoms with Crippen LogP contribution in [0.25, 0.3) is 0 Å². The van der Waals surface area contributed by atoms with Crippen molar-refractivity contribution >= 4 is 5.78 Å². The first-order chi connectivity index (χ1) is 14.6. The predicted octanol–water partition coefficient (Wildman–Crippen LogP) is 4.50. The van der Waals surface area contributed by atoms with Gasteiger partial charge in [0.05, 0.1) is 34.5 Å². The van der Waals surface area contributed by atoms with Crippen LogP contribution in [0.1, 0.15) is 41.1 Å². The van der Waals surface area contributed by atoms with E-state index in [2.05, 4.69) is 0 Å². The van der Waals surface area contributed by atoms with Crippen molar-refractivity contribution in [3.63, 3.8) is 0 Å². The second-order valence-corrected chi connectivity index (χ2v) is 7.44. The summed E-state index contributed by atoms with van der Waals surface area (Å²) < 4.78 is 27.2. The number of methoxy groups -OCH3 is 5. The first-order valence-electron chi connectivity index (χ1n) is 10.1. The monoisotopic (exact) mass is 414 g/mol. The summed E-state index contributed by atoms with van der Waals surface area (Å²) in [6.45, 7) is 0. The molecule has 0 amide bonds. The molecule has 162 valence electrons. The van der Waals surface area contributed by atoms with Gasteiger partial charge < -0.3 is 23.7 Å². The SMILES string of the molecule is COc1ccc(C2CCC(OC)CC2C(=O)c2cc(OC)c(OC)c(OC)c2)cc1. The van der Waals surface area contributed by atoms with Crippen molar-refractivity contribution in [2.75, 3.05) is 35.5 Å². The number of ketones is 1. The lowest BCUT2D eigenvalue weighted by molar-refractivity contribution is 0.0389. The Hall–Kier alpha value is -2.73. The Balaban J connectivity index is 1.98. The summed E-state index contributed by atoms with van der Waals surface area (Å²) in [6, 6.07) is 11.4. The first kappa shape index (κ1) is 22.0. The maximum atomic E-state index is 13.7. The Bertz CT molecular complexity index is 835. The van der Waals surface area contributed by atoms with E-state index in [-0.39, 0.29) is 23.7 Å². The average molecular weight is 414 g/mol. The summed E-state index contributed by atoms with van der Waals surface area (Å²) in [5.41, 5.74) is 1.68. The molecule has 0 bridgehead atoms. The third-order valence-corrected chi connectivity index (χ3v) is 5.97. The van der Waals surface area contributed by atoms with Crippen molar-refractivity contribution in [2.45, 2.75) is 31.3 Å². The molecule has 3 rings (SSSR count).